The second-order valence-corrected chi connectivity index (χ2v) is 9.68. The molecule has 2 aromatic rings. The van der Waals surface area contributed by atoms with Crippen LogP contribution in [0.4, 0.5) is 0 Å². The first kappa shape index (κ1) is 24.4. The molecule has 2 nitrogen and oxygen atoms in total. The minimum absolute atomic E-state index is 0.0649. The van der Waals surface area contributed by atoms with Crippen LogP contribution in [0.5, 0.6) is 5.75 Å². The first-order valence-electron chi connectivity index (χ1n) is 12.9. The maximum absolute atomic E-state index is 9.85. The Morgan fingerprint density at radius 3 is 2.00 bits per heavy atom. The molecule has 0 radical (unpaired) electrons. The molecule has 1 saturated carbocycles. The van der Waals surface area contributed by atoms with Gasteiger partial charge in [-0.25, -0.2) is 0 Å². The molecular weight excluding hydrogens is 390 g/mol. The average molecular weight is 432 g/mol. The molecule has 32 heavy (non-hydrogen) atoms. The van der Waals surface area contributed by atoms with Crippen molar-refractivity contribution in [1.29, 1.82) is 5.26 Å². The SMILES string of the molecule is CCCCCCC1(C#N)CCC(c2ccc(-c3ccc(OCCCCC)cc3)cc2)CC1. The number of unbranched alkanes of at least 4 members (excludes halogenated alkanes) is 5. The van der Waals surface area contributed by atoms with Gasteiger partial charge in [0.05, 0.1) is 18.1 Å². The lowest BCUT2D eigenvalue weighted by molar-refractivity contribution is 0.223. The predicted molar refractivity (Wildman–Crippen MR) is 135 cm³/mol. The lowest BCUT2D eigenvalue weighted by atomic mass is 9.67. The Labute approximate surface area is 196 Å². The topological polar surface area (TPSA) is 33.0 Å². The third-order valence-electron chi connectivity index (χ3n) is 7.28. The van der Waals surface area contributed by atoms with Gasteiger partial charge in [-0.2, -0.15) is 5.26 Å². The zero-order valence-electron chi connectivity index (χ0n) is 20.2. The number of nitriles is 1. The number of benzene rings is 2. The van der Waals surface area contributed by atoms with Crippen LogP contribution in [0.2, 0.25) is 0 Å². The summed E-state index contributed by atoms with van der Waals surface area (Å²) in [6.45, 7) is 5.26. The van der Waals surface area contributed by atoms with Gasteiger partial charge in [0.15, 0.2) is 0 Å². The van der Waals surface area contributed by atoms with Crippen LogP contribution in [0.1, 0.15) is 102 Å². The molecular formula is C30H41NO. The summed E-state index contributed by atoms with van der Waals surface area (Å²) in [7, 11) is 0. The first-order chi connectivity index (χ1) is 15.7. The van der Waals surface area contributed by atoms with Crippen molar-refractivity contribution in [2.45, 2.75) is 96.8 Å². The van der Waals surface area contributed by atoms with Crippen molar-refractivity contribution in [3.63, 3.8) is 0 Å². The van der Waals surface area contributed by atoms with Crippen LogP contribution in [0, 0.1) is 16.7 Å². The fourth-order valence-corrected chi connectivity index (χ4v) is 5.05. The van der Waals surface area contributed by atoms with Crippen molar-refractivity contribution in [2.24, 2.45) is 5.41 Å². The summed E-state index contributed by atoms with van der Waals surface area (Å²) in [6.07, 6.45) is 14.1. The van der Waals surface area contributed by atoms with Gasteiger partial charge in [-0.15, -0.1) is 0 Å². The van der Waals surface area contributed by atoms with E-state index in [1.54, 1.807) is 0 Å². The van der Waals surface area contributed by atoms with E-state index in [0.717, 1.165) is 50.9 Å². The van der Waals surface area contributed by atoms with Crippen LogP contribution < -0.4 is 4.74 Å². The molecule has 1 fully saturated rings. The third-order valence-corrected chi connectivity index (χ3v) is 7.28. The number of nitrogens with zero attached hydrogens (tertiary/aromatic N) is 1. The van der Waals surface area contributed by atoms with Crippen LogP contribution >= 0.6 is 0 Å². The number of hydrogen-bond acceptors (Lipinski definition) is 2. The zero-order valence-corrected chi connectivity index (χ0v) is 20.2. The third kappa shape index (κ3) is 6.86. The maximum Gasteiger partial charge on any atom is 0.119 e. The summed E-state index contributed by atoms with van der Waals surface area (Å²) in [4.78, 5) is 0. The van der Waals surface area contributed by atoms with E-state index >= 15 is 0 Å². The van der Waals surface area contributed by atoms with Crippen LogP contribution in [-0.2, 0) is 0 Å². The van der Waals surface area contributed by atoms with E-state index in [-0.39, 0.29) is 5.41 Å². The summed E-state index contributed by atoms with van der Waals surface area (Å²) in [5.74, 6) is 1.56. The number of ether oxygens (including phenoxy) is 1. The van der Waals surface area contributed by atoms with Crippen molar-refractivity contribution in [3.05, 3.63) is 54.1 Å². The van der Waals surface area contributed by atoms with E-state index in [9.17, 15) is 5.26 Å². The van der Waals surface area contributed by atoms with Crippen LogP contribution in [0.15, 0.2) is 48.5 Å². The van der Waals surface area contributed by atoms with Crippen molar-refractivity contribution < 1.29 is 4.74 Å². The molecule has 1 aliphatic carbocycles. The van der Waals surface area contributed by atoms with Gasteiger partial charge in [-0.1, -0.05) is 88.8 Å². The lowest BCUT2D eigenvalue weighted by Gasteiger charge is -2.35. The molecule has 0 spiro atoms. The van der Waals surface area contributed by atoms with Crippen molar-refractivity contribution in [3.8, 4) is 22.9 Å². The molecule has 0 bridgehead atoms. The van der Waals surface area contributed by atoms with E-state index in [0.29, 0.717) is 5.92 Å². The smallest absolute Gasteiger partial charge is 0.119 e. The van der Waals surface area contributed by atoms with Gasteiger partial charge in [0.25, 0.3) is 0 Å². The highest BCUT2D eigenvalue weighted by molar-refractivity contribution is 5.64. The Morgan fingerprint density at radius 1 is 0.812 bits per heavy atom. The largest absolute Gasteiger partial charge is 0.494 e. The Morgan fingerprint density at radius 2 is 1.41 bits per heavy atom. The van der Waals surface area contributed by atoms with Crippen molar-refractivity contribution in [2.75, 3.05) is 6.61 Å². The molecule has 0 amide bonds. The Kier molecular flexibility index (Phi) is 9.66. The van der Waals surface area contributed by atoms with Crippen LogP contribution in [0.25, 0.3) is 11.1 Å². The second kappa shape index (κ2) is 12.7. The van der Waals surface area contributed by atoms with Gasteiger partial charge in [-0.3, -0.25) is 0 Å². The summed E-state index contributed by atoms with van der Waals surface area (Å²) >= 11 is 0. The van der Waals surface area contributed by atoms with Gasteiger partial charge < -0.3 is 4.74 Å². The van der Waals surface area contributed by atoms with E-state index in [2.05, 4.69) is 68.4 Å². The van der Waals surface area contributed by atoms with Crippen molar-refractivity contribution >= 4 is 0 Å². The molecule has 0 saturated heterocycles. The summed E-state index contributed by atoms with van der Waals surface area (Å²) < 4.78 is 5.84. The van der Waals surface area contributed by atoms with Gasteiger partial charge in [0.2, 0.25) is 0 Å². The van der Waals surface area contributed by atoms with E-state index in [1.165, 1.54) is 55.2 Å². The molecule has 0 aliphatic heterocycles. The minimum Gasteiger partial charge on any atom is -0.494 e. The molecule has 2 heteroatoms. The van der Waals surface area contributed by atoms with E-state index < -0.39 is 0 Å². The monoisotopic (exact) mass is 431 g/mol. The van der Waals surface area contributed by atoms with E-state index in [4.69, 9.17) is 4.74 Å². The van der Waals surface area contributed by atoms with Gasteiger partial charge in [-0.05, 0) is 73.3 Å². The van der Waals surface area contributed by atoms with Gasteiger partial charge in [0, 0.05) is 0 Å². The van der Waals surface area contributed by atoms with E-state index in [1.807, 2.05) is 0 Å². The zero-order chi connectivity index (χ0) is 22.7. The quantitative estimate of drug-likeness (QED) is 0.314. The normalized spacial score (nSPS) is 20.6. The highest BCUT2D eigenvalue weighted by atomic mass is 16.5. The lowest BCUT2D eigenvalue weighted by Crippen LogP contribution is -2.25. The molecule has 2 aromatic carbocycles. The Bertz CT molecular complexity index is 823. The molecule has 0 N–H and O–H groups in total. The number of rotatable bonds is 12. The van der Waals surface area contributed by atoms with Crippen LogP contribution in [0.3, 0.4) is 0 Å². The summed E-state index contributed by atoms with van der Waals surface area (Å²) in [6, 6.07) is 20.3. The number of hydrogen-bond donors (Lipinski definition) is 0. The summed E-state index contributed by atoms with van der Waals surface area (Å²) in [5, 5.41) is 9.85. The Balaban J connectivity index is 1.52. The predicted octanol–water partition coefficient (Wildman–Crippen LogP) is 9.06. The molecule has 0 unspecified atom stereocenters. The molecule has 1 aliphatic rings. The first-order valence-corrected chi connectivity index (χ1v) is 12.9. The Hall–Kier alpha value is -2.27. The highest BCUT2D eigenvalue weighted by Crippen LogP contribution is 2.45. The highest BCUT2D eigenvalue weighted by Gasteiger charge is 2.35. The summed E-state index contributed by atoms with van der Waals surface area (Å²) in [5.41, 5.74) is 3.85. The molecule has 172 valence electrons. The van der Waals surface area contributed by atoms with Crippen LogP contribution in [-0.4, -0.2) is 6.61 Å². The molecule has 0 aromatic heterocycles. The van der Waals surface area contributed by atoms with Gasteiger partial charge >= 0.3 is 0 Å². The maximum atomic E-state index is 9.85. The fraction of sp³-hybridized carbons (Fsp3) is 0.567. The van der Waals surface area contributed by atoms with Gasteiger partial charge in [0.1, 0.15) is 5.75 Å². The minimum atomic E-state index is -0.0649. The van der Waals surface area contributed by atoms with Crippen molar-refractivity contribution in [1.82, 2.24) is 0 Å². The molecule has 0 heterocycles. The molecule has 3 rings (SSSR count). The fourth-order valence-electron chi connectivity index (χ4n) is 5.05. The second-order valence-electron chi connectivity index (χ2n) is 9.68. The standard InChI is InChI=1S/C30H41NO/c1-3-5-7-8-20-30(24-31)21-18-28(19-22-30)26-12-10-25(11-13-26)27-14-16-29(17-15-27)32-23-9-6-4-2/h10-17,28H,3-9,18-23H2,1-2H3. The average Bonchev–Trinajstić information content (AvgIpc) is 2.85. The molecule has 0 atom stereocenters.